The van der Waals surface area contributed by atoms with Crippen molar-refractivity contribution in [3.05, 3.63) is 40.7 Å². The molecule has 3 rings (SSSR count). The van der Waals surface area contributed by atoms with Gasteiger partial charge in [-0.3, -0.25) is 9.89 Å². The van der Waals surface area contributed by atoms with Crippen molar-refractivity contribution in [1.82, 2.24) is 10.2 Å². The molecule has 0 saturated carbocycles. The lowest BCUT2D eigenvalue weighted by Crippen LogP contribution is -2.33. The van der Waals surface area contributed by atoms with E-state index in [1.807, 2.05) is 32.0 Å². The zero-order chi connectivity index (χ0) is 15.7. The Labute approximate surface area is 129 Å². The van der Waals surface area contributed by atoms with Crippen molar-refractivity contribution in [2.24, 2.45) is 5.73 Å². The number of nitrogens with two attached hydrogens (primary N) is 1. The fourth-order valence-corrected chi connectivity index (χ4v) is 2.67. The Balaban J connectivity index is 1.78. The van der Waals surface area contributed by atoms with Gasteiger partial charge in [0.15, 0.2) is 0 Å². The van der Waals surface area contributed by atoms with Gasteiger partial charge in [0, 0.05) is 23.4 Å². The van der Waals surface area contributed by atoms with Crippen LogP contribution in [0.3, 0.4) is 0 Å². The summed E-state index contributed by atoms with van der Waals surface area (Å²) >= 11 is 0. The van der Waals surface area contributed by atoms with Crippen LogP contribution in [-0.4, -0.2) is 28.8 Å². The molecule has 1 amide bonds. The molecule has 1 aliphatic heterocycles. The molecular formula is C16H20N4O2. The van der Waals surface area contributed by atoms with Gasteiger partial charge in [-0.15, -0.1) is 0 Å². The average Bonchev–Trinajstić information content (AvgIpc) is 2.88. The second-order valence-electron chi connectivity index (χ2n) is 5.58. The Hall–Kier alpha value is -2.34. The SMILES string of the molecule is CCc1n[nH]c(C(=O)Nc2ccc3c(c2)OCC(N)C3)c1C. The number of nitrogens with one attached hydrogen (secondary N) is 2. The molecule has 0 fully saturated rings. The van der Waals surface area contributed by atoms with Gasteiger partial charge in [-0.25, -0.2) is 0 Å². The van der Waals surface area contributed by atoms with E-state index in [2.05, 4.69) is 15.5 Å². The van der Waals surface area contributed by atoms with Crippen LogP contribution in [0, 0.1) is 6.92 Å². The lowest BCUT2D eigenvalue weighted by atomic mass is 10.0. The first-order valence-corrected chi connectivity index (χ1v) is 7.45. The molecule has 0 bridgehead atoms. The van der Waals surface area contributed by atoms with Crippen molar-refractivity contribution in [1.29, 1.82) is 0 Å². The third-order valence-electron chi connectivity index (χ3n) is 3.93. The number of hydrogen-bond donors (Lipinski definition) is 3. The van der Waals surface area contributed by atoms with Gasteiger partial charge in [-0.05, 0) is 31.4 Å². The van der Waals surface area contributed by atoms with Crippen LogP contribution in [0.5, 0.6) is 5.75 Å². The number of rotatable bonds is 3. The summed E-state index contributed by atoms with van der Waals surface area (Å²) in [6.45, 7) is 4.41. The van der Waals surface area contributed by atoms with Gasteiger partial charge in [-0.1, -0.05) is 13.0 Å². The highest BCUT2D eigenvalue weighted by Crippen LogP contribution is 2.28. The summed E-state index contributed by atoms with van der Waals surface area (Å²) in [5, 5.41) is 9.83. The molecular weight excluding hydrogens is 280 g/mol. The largest absolute Gasteiger partial charge is 0.492 e. The normalized spacial score (nSPS) is 16.8. The molecule has 1 unspecified atom stereocenters. The van der Waals surface area contributed by atoms with E-state index < -0.39 is 0 Å². The Kier molecular flexibility index (Phi) is 3.85. The number of anilines is 1. The minimum Gasteiger partial charge on any atom is -0.492 e. The fraction of sp³-hybridized carbons (Fsp3) is 0.375. The van der Waals surface area contributed by atoms with E-state index in [9.17, 15) is 4.79 Å². The molecule has 0 aliphatic carbocycles. The Bertz CT molecular complexity index is 708. The molecule has 116 valence electrons. The van der Waals surface area contributed by atoms with E-state index in [-0.39, 0.29) is 11.9 Å². The zero-order valence-corrected chi connectivity index (χ0v) is 12.8. The summed E-state index contributed by atoms with van der Waals surface area (Å²) in [5.74, 6) is 0.590. The van der Waals surface area contributed by atoms with Crippen molar-refractivity contribution in [2.45, 2.75) is 32.7 Å². The maximum atomic E-state index is 12.3. The van der Waals surface area contributed by atoms with Crippen LogP contribution in [0.2, 0.25) is 0 Å². The van der Waals surface area contributed by atoms with Crippen molar-refractivity contribution in [2.75, 3.05) is 11.9 Å². The minimum absolute atomic E-state index is 0.0352. The second-order valence-corrected chi connectivity index (χ2v) is 5.58. The molecule has 4 N–H and O–H groups in total. The highest BCUT2D eigenvalue weighted by Gasteiger charge is 2.19. The van der Waals surface area contributed by atoms with Gasteiger partial charge in [0.25, 0.3) is 5.91 Å². The third kappa shape index (κ3) is 2.69. The number of carbonyl (C=O) groups excluding carboxylic acids is 1. The monoisotopic (exact) mass is 300 g/mol. The van der Waals surface area contributed by atoms with E-state index in [1.165, 1.54) is 0 Å². The molecule has 1 aromatic heterocycles. The smallest absolute Gasteiger partial charge is 0.273 e. The highest BCUT2D eigenvalue weighted by molar-refractivity contribution is 6.04. The molecule has 1 atom stereocenters. The van der Waals surface area contributed by atoms with Crippen LogP contribution in [0.4, 0.5) is 5.69 Å². The van der Waals surface area contributed by atoms with Crippen LogP contribution in [0.15, 0.2) is 18.2 Å². The average molecular weight is 300 g/mol. The predicted molar refractivity (Wildman–Crippen MR) is 84.3 cm³/mol. The van der Waals surface area contributed by atoms with E-state index in [1.54, 1.807) is 0 Å². The summed E-state index contributed by atoms with van der Waals surface area (Å²) in [4.78, 5) is 12.3. The summed E-state index contributed by atoms with van der Waals surface area (Å²) in [7, 11) is 0. The van der Waals surface area contributed by atoms with Gasteiger partial charge in [0.1, 0.15) is 18.1 Å². The van der Waals surface area contributed by atoms with Crippen molar-refractivity contribution in [3.63, 3.8) is 0 Å². The summed E-state index contributed by atoms with van der Waals surface area (Å²) < 4.78 is 5.61. The number of nitrogens with zero attached hydrogens (tertiary/aromatic N) is 1. The van der Waals surface area contributed by atoms with Gasteiger partial charge >= 0.3 is 0 Å². The number of ether oxygens (including phenoxy) is 1. The van der Waals surface area contributed by atoms with Crippen molar-refractivity contribution < 1.29 is 9.53 Å². The van der Waals surface area contributed by atoms with Crippen molar-refractivity contribution in [3.8, 4) is 5.75 Å². The Morgan fingerprint density at radius 1 is 1.55 bits per heavy atom. The second kappa shape index (κ2) is 5.81. The minimum atomic E-state index is -0.197. The van der Waals surface area contributed by atoms with Gasteiger partial charge in [0.05, 0.1) is 5.69 Å². The molecule has 1 aliphatic rings. The number of fused-ring (bicyclic) bond motifs is 1. The van der Waals surface area contributed by atoms with Crippen LogP contribution in [0.25, 0.3) is 0 Å². The van der Waals surface area contributed by atoms with Gasteiger partial charge in [-0.2, -0.15) is 5.10 Å². The fourth-order valence-electron chi connectivity index (χ4n) is 2.67. The number of aromatic nitrogens is 2. The molecule has 0 spiro atoms. The van der Waals surface area contributed by atoms with E-state index in [0.29, 0.717) is 18.0 Å². The predicted octanol–water partition coefficient (Wildman–Crippen LogP) is 1.80. The lowest BCUT2D eigenvalue weighted by Gasteiger charge is -2.22. The molecule has 0 saturated heterocycles. The highest BCUT2D eigenvalue weighted by atomic mass is 16.5. The Morgan fingerprint density at radius 2 is 2.36 bits per heavy atom. The molecule has 0 radical (unpaired) electrons. The number of hydrogen-bond acceptors (Lipinski definition) is 4. The molecule has 2 heterocycles. The molecule has 1 aromatic carbocycles. The van der Waals surface area contributed by atoms with Crippen LogP contribution >= 0.6 is 0 Å². The topological polar surface area (TPSA) is 93.0 Å². The first-order chi connectivity index (χ1) is 10.6. The number of carbonyl (C=O) groups is 1. The molecule has 6 heteroatoms. The Morgan fingerprint density at radius 3 is 3.09 bits per heavy atom. The number of benzene rings is 1. The molecule has 2 aromatic rings. The number of amides is 1. The summed E-state index contributed by atoms with van der Waals surface area (Å²) in [6.07, 6.45) is 1.59. The van der Waals surface area contributed by atoms with Crippen LogP contribution in [-0.2, 0) is 12.8 Å². The van der Waals surface area contributed by atoms with Crippen LogP contribution < -0.4 is 15.8 Å². The maximum Gasteiger partial charge on any atom is 0.273 e. The first-order valence-electron chi connectivity index (χ1n) is 7.45. The summed E-state index contributed by atoms with van der Waals surface area (Å²) in [6, 6.07) is 5.69. The maximum absolute atomic E-state index is 12.3. The standard InChI is InChI=1S/C16H20N4O2/c1-3-13-9(2)15(20-19-13)16(21)18-12-5-4-10-6-11(17)8-22-14(10)7-12/h4-5,7,11H,3,6,8,17H2,1-2H3,(H,18,21)(H,19,20). The van der Waals surface area contributed by atoms with Gasteiger partial charge < -0.3 is 15.8 Å². The number of aryl methyl sites for hydroxylation is 1. The molecule has 6 nitrogen and oxygen atoms in total. The quantitative estimate of drug-likeness (QED) is 0.805. The zero-order valence-electron chi connectivity index (χ0n) is 12.8. The van der Waals surface area contributed by atoms with E-state index >= 15 is 0 Å². The number of H-pyrrole nitrogens is 1. The number of aromatic amines is 1. The van der Waals surface area contributed by atoms with Crippen LogP contribution in [0.1, 0.15) is 34.2 Å². The van der Waals surface area contributed by atoms with Gasteiger partial charge in [0.2, 0.25) is 0 Å². The third-order valence-corrected chi connectivity index (χ3v) is 3.93. The lowest BCUT2D eigenvalue weighted by molar-refractivity contribution is 0.102. The first kappa shape index (κ1) is 14.6. The summed E-state index contributed by atoms with van der Waals surface area (Å²) in [5.41, 5.74) is 9.94. The van der Waals surface area contributed by atoms with Crippen molar-refractivity contribution >= 4 is 11.6 Å². The van der Waals surface area contributed by atoms with E-state index in [0.717, 1.165) is 35.4 Å². The molecule has 22 heavy (non-hydrogen) atoms. The van der Waals surface area contributed by atoms with E-state index in [4.69, 9.17) is 10.5 Å².